The Balaban J connectivity index is 1.34. The summed E-state index contributed by atoms with van der Waals surface area (Å²) in [5, 5.41) is 7.64. The fraction of sp³-hybridized carbons (Fsp3) is 0.429. The predicted octanol–water partition coefficient (Wildman–Crippen LogP) is 3.24. The normalized spacial score (nSPS) is 28.0. The van der Waals surface area contributed by atoms with Gasteiger partial charge in [-0.3, -0.25) is 0 Å². The molecule has 1 aromatic heterocycles. The summed E-state index contributed by atoms with van der Waals surface area (Å²) in [5.74, 6) is 0.876. The van der Waals surface area contributed by atoms with Gasteiger partial charge in [0, 0.05) is 24.9 Å². The number of hydrogen-bond donors (Lipinski definition) is 1. The van der Waals surface area contributed by atoms with E-state index in [2.05, 4.69) is 29.5 Å². The van der Waals surface area contributed by atoms with Gasteiger partial charge in [0.1, 0.15) is 0 Å². The summed E-state index contributed by atoms with van der Waals surface area (Å²) in [6, 6.07) is 10.0. The molecule has 140 valence electrons. The fourth-order valence-corrected chi connectivity index (χ4v) is 4.64. The lowest BCUT2D eigenvalue weighted by atomic mass is 9.86. The monoisotopic (exact) mass is 364 g/mol. The van der Waals surface area contributed by atoms with E-state index in [4.69, 9.17) is 4.74 Å². The van der Waals surface area contributed by atoms with Gasteiger partial charge in [0.25, 0.3) is 0 Å². The number of aromatic nitrogens is 2. The van der Waals surface area contributed by atoms with Gasteiger partial charge in [-0.2, -0.15) is 5.10 Å². The Morgan fingerprint density at radius 1 is 1.19 bits per heavy atom. The molecular weight excluding hydrogens is 340 g/mol. The van der Waals surface area contributed by atoms with Crippen LogP contribution in [0.5, 0.6) is 0 Å². The molecule has 2 aromatic rings. The van der Waals surface area contributed by atoms with Gasteiger partial charge < -0.3 is 15.0 Å². The maximum atomic E-state index is 12.9. The molecule has 3 aliphatic heterocycles. The van der Waals surface area contributed by atoms with Crippen LogP contribution in [0.4, 0.5) is 10.5 Å². The zero-order valence-corrected chi connectivity index (χ0v) is 15.4. The molecule has 2 bridgehead atoms. The van der Waals surface area contributed by atoms with Crippen molar-refractivity contribution in [2.24, 2.45) is 11.8 Å². The summed E-state index contributed by atoms with van der Waals surface area (Å²) in [6.45, 7) is 3.66. The van der Waals surface area contributed by atoms with E-state index in [0.29, 0.717) is 11.8 Å². The third-order valence-electron chi connectivity index (χ3n) is 5.95. The van der Waals surface area contributed by atoms with Crippen molar-refractivity contribution in [1.82, 2.24) is 14.7 Å². The second-order valence-electron chi connectivity index (χ2n) is 7.62. The molecule has 0 saturated carbocycles. The van der Waals surface area contributed by atoms with Gasteiger partial charge in [0.2, 0.25) is 0 Å². The summed E-state index contributed by atoms with van der Waals surface area (Å²) in [5.41, 5.74) is 2.86. The third-order valence-corrected chi connectivity index (χ3v) is 5.95. The molecule has 4 heterocycles. The molecule has 1 aromatic carbocycles. The molecule has 3 aliphatic rings. The van der Waals surface area contributed by atoms with Crippen LogP contribution in [0.1, 0.15) is 19.0 Å². The summed E-state index contributed by atoms with van der Waals surface area (Å²) in [4.78, 5) is 14.8. The number of nitrogens with one attached hydrogen (secondary N) is 1. The topological polar surface area (TPSA) is 59.4 Å². The van der Waals surface area contributed by atoms with E-state index >= 15 is 0 Å². The van der Waals surface area contributed by atoms with Crippen LogP contribution in [0.15, 0.2) is 48.7 Å². The molecule has 2 amide bonds. The number of anilines is 1. The molecule has 0 spiro atoms. The third kappa shape index (κ3) is 2.75. The number of urea groups is 1. The number of rotatable bonds is 4. The Hall–Kier alpha value is -2.60. The summed E-state index contributed by atoms with van der Waals surface area (Å²) >= 11 is 0. The minimum absolute atomic E-state index is 0.0336. The predicted molar refractivity (Wildman–Crippen MR) is 103 cm³/mol. The Morgan fingerprint density at radius 2 is 1.89 bits per heavy atom. The van der Waals surface area contributed by atoms with Crippen molar-refractivity contribution in [1.29, 1.82) is 0 Å². The van der Waals surface area contributed by atoms with Crippen molar-refractivity contribution in [3.8, 4) is 5.69 Å². The number of fused-ring (bicyclic) bond motifs is 5. The van der Waals surface area contributed by atoms with E-state index in [1.807, 2.05) is 39.9 Å². The van der Waals surface area contributed by atoms with E-state index in [1.54, 1.807) is 6.20 Å². The van der Waals surface area contributed by atoms with Gasteiger partial charge in [-0.15, -0.1) is 0 Å². The van der Waals surface area contributed by atoms with Gasteiger partial charge >= 0.3 is 6.03 Å². The first-order valence-electron chi connectivity index (χ1n) is 9.76. The number of likely N-dealkylation sites (tertiary alicyclic amines) is 1. The number of ether oxygens (including phenoxy) is 1. The largest absolute Gasteiger partial charge is 0.366 e. The van der Waals surface area contributed by atoms with Crippen molar-refractivity contribution in [3.63, 3.8) is 0 Å². The lowest BCUT2D eigenvalue weighted by Crippen LogP contribution is -2.35. The van der Waals surface area contributed by atoms with Crippen LogP contribution < -0.4 is 5.32 Å². The molecule has 2 saturated heterocycles. The van der Waals surface area contributed by atoms with Crippen molar-refractivity contribution in [2.45, 2.75) is 32.0 Å². The molecule has 0 radical (unpaired) electrons. The smallest absolute Gasteiger partial charge is 0.321 e. The number of carbonyl (C=O) groups is 1. The molecule has 2 fully saturated rings. The highest BCUT2D eigenvalue weighted by Gasteiger charge is 2.51. The molecule has 4 atom stereocenters. The van der Waals surface area contributed by atoms with Crippen molar-refractivity contribution >= 4 is 11.7 Å². The van der Waals surface area contributed by atoms with E-state index in [0.717, 1.165) is 43.0 Å². The van der Waals surface area contributed by atoms with Crippen LogP contribution in [-0.4, -0.2) is 46.0 Å². The molecule has 1 N–H and O–H groups in total. The van der Waals surface area contributed by atoms with Crippen molar-refractivity contribution in [2.75, 3.05) is 18.4 Å². The highest BCUT2D eigenvalue weighted by Crippen LogP contribution is 2.43. The lowest BCUT2D eigenvalue weighted by Gasteiger charge is -2.19. The number of para-hydroxylation sites is 1. The average molecular weight is 364 g/mol. The first-order valence-corrected chi connectivity index (χ1v) is 9.76. The molecule has 0 aliphatic carbocycles. The summed E-state index contributed by atoms with van der Waals surface area (Å²) < 4.78 is 7.83. The molecule has 5 rings (SSSR count). The quantitative estimate of drug-likeness (QED) is 0.848. The second-order valence-corrected chi connectivity index (χ2v) is 7.62. The number of benzene rings is 1. The van der Waals surface area contributed by atoms with Crippen LogP contribution in [0.3, 0.4) is 0 Å². The fourth-order valence-electron chi connectivity index (χ4n) is 4.64. The first-order chi connectivity index (χ1) is 13.2. The number of amides is 2. The number of nitrogens with zero attached hydrogens (tertiary/aromatic N) is 3. The highest BCUT2D eigenvalue weighted by atomic mass is 16.5. The lowest BCUT2D eigenvalue weighted by molar-refractivity contribution is 0.0892. The van der Waals surface area contributed by atoms with Crippen molar-refractivity contribution < 1.29 is 9.53 Å². The van der Waals surface area contributed by atoms with Crippen LogP contribution in [0.25, 0.3) is 5.69 Å². The zero-order chi connectivity index (χ0) is 18.4. The summed E-state index contributed by atoms with van der Waals surface area (Å²) in [7, 11) is 0. The molecule has 6 nitrogen and oxygen atoms in total. The molecule has 4 unspecified atom stereocenters. The van der Waals surface area contributed by atoms with Crippen LogP contribution in [0, 0.1) is 11.8 Å². The maximum absolute atomic E-state index is 12.9. The van der Waals surface area contributed by atoms with Gasteiger partial charge in [0.05, 0.1) is 35.5 Å². The van der Waals surface area contributed by atoms with Crippen molar-refractivity contribution in [3.05, 3.63) is 54.4 Å². The van der Waals surface area contributed by atoms with Crippen LogP contribution >= 0.6 is 0 Å². The minimum atomic E-state index is -0.0336. The Kier molecular flexibility index (Phi) is 4.01. The first kappa shape index (κ1) is 16.6. The van der Waals surface area contributed by atoms with Crippen LogP contribution in [0.2, 0.25) is 0 Å². The Bertz CT molecular complexity index is 856. The standard InChI is InChI=1S/C21H24N4O2/c1-2-6-18-17(11-22-25(18)14-7-4-3-5-8-14)23-21(26)24-12-15-16(13-24)20-10-9-19(15)27-20/h3-5,7-11,15-16,19-20H,2,6,12-13H2,1H3,(H,23,26). The van der Waals surface area contributed by atoms with E-state index in [-0.39, 0.29) is 18.2 Å². The molecule has 6 heteroatoms. The molecular formula is C21H24N4O2. The zero-order valence-electron chi connectivity index (χ0n) is 15.4. The van der Waals surface area contributed by atoms with Gasteiger partial charge in [0.15, 0.2) is 0 Å². The highest BCUT2D eigenvalue weighted by molar-refractivity contribution is 5.90. The average Bonchev–Trinajstić information content (AvgIpc) is 3.45. The van der Waals surface area contributed by atoms with Gasteiger partial charge in [-0.25, -0.2) is 9.48 Å². The van der Waals surface area contributed by atoms with Crippen LogP contribution in [-0.2, 0) is 11.2 Å². The summed E-state index contributed by atoms with van der Waals surface area (Å²) in [6.07, 6.45) is 8.29. The minimum Gasteiger partial charge on any atom is -0.366 e. The Morgan fingerprint density at radius 3 is 2.56 bits per heavy atom. The van der Waals surface area contributed by atoms with E-state index in [1.165, 1.54) is 0 Å². The van der Waals surface area contributed by atoms with Gasteiger partial charge in [-0.1, -0.05) is 43.7 Å². The maximum Gasteiger partial charge on any atom is 0.321 e. The number of hydrogen-bond acceptors (Lipinski definition) is 3. The van der Waals surface area contributed by atoms with E-state index < -0.39 is 0 Å². The molecule has 27 heavy (non-hydrogen) atoms. The second kappa shape index (κ2) is 6.53. The Labute approximate surface area is 158 Å². The number of carbonyl (C=O) groups excluding carboxylic acids is 1. The van der Waals surface area contributed by atoms with Gasteiger partial charge in [-0.05, 0) is 18.6 Å². The SMILES string of the molecule is CCCc1c(NC(=O)N2CC3C4C=CC(O4)C3C2)cnn1-c1ccccc1. The van der Waals surface area contributed by atoms with E-state index in [9.17, 15) is 4.79 Å².